The lowest BCUT2D eigenvalue weighted by Gasteiger charge is -2.08. The van der Waals surface area contributed by atoms with E-state index in [9.17, 15) is 22.8 Å². The number of rotatable bonds is 6. The zero-order chi connectivity index (χ0) is 19.9. The fourth-order valence-corrected chi connectivity index (χ4v) is 2.30. The number of carbonyl (C=O) groups excluding carboxylic acids is 2. The van der Waals surface area contributed by atoms with E-state index < -0.39 is 23.4 Å². The smallest absolute Gasteiger partial charge is 0.348 e. The summed E-state index contributed by atoms with van der Waals surface area (Å²) >= 11 is 0. The third-order valence-corrected chi connectivity index (χ3v) is 3.64. The first-order valence-electron chi connectivity index (χ1n) is 8.17. The van der Waals surface area contributed by atoms with Crippen LogP contribution in [0.15, 0.2) is 66.2 Å². The van der Waals surface area contributed by atoms with Crippen LogP contribution in [0.1, 0.15) is 23.6 Å². The van der Waals surface area contributed by atoms with Crippen molar-refractivity contribution in [2.24, 2.45) is 0 Å². The summed E-state index contributed by atoms with van der Waals surface area (Å²) < 4.78 is 38.4. The fourth-order valence-electron chi connectivity index (χ4n) is 2.30. The Morgan fingerprint density at radius 1 is 1.00 bits per heavy atom. The topological polar surface area (TPSA) is 46.2 Å². The highest BCUT2D eigenvalue weighted by Gasteiger charge is 2.30. The predicted molar refractivity (Wildman–Crippen MR) is 98.6 cm³/mol. The Morgan fingerprint density at radius 3 is 2.30 bits per heavy atom. The van der Waals surface area contributed by atoms with Gasteiger partial charge in [-0.05, 0) is 36.3 Å². The number of carbonyl (C=O) groups is 2. The molecule has 0 saturated carbocycles. The number of nitrogens with one attached hydrogen (secondary N) is 1. The number of hydrogen-bond donors (Lipinski definition) is 1. The molecule has 0 heterocycles. The summed E-state index contributed by atoms with van der Waals surface area (Å²) in [6.45, 7) is 1.37. The van der Waals surface area contributed by atoms with Crippen LogP contribution in [0.2, 0.25) is 0 Å². The second-order valence-corrected chi connectivity index (χ2v) is 5.76. The molecule has 1 amide bonds. The molecule has 0 aliphatic rings. The van der Waals surface area contributed by atoms with Gasteiger partial charge in [0, 0.05) is 6.54 Å². The second-order valence-electron chi connectivity index (χ2n) is 5.76. The molecule has 2 aromatic rings. The maximum atomic E-state index is 12.8. The monoisotopic (exact) mass is 373 g/mol. The van der Waals surface area contributed by atoms with Crippen LogP contribution < -0.4 is 5.32 Å². The second kappa shape index (κ2) is 8.98. The van der Waals surface area contributed by atoms with Crippen LogP contribution >= 0.6 is 0 Å². The molecule has 0 bridgehead atoms. The minimum absolute atomic E-state index is 0.130. The Bertz CT molecular complexity index is 868. The van der Waals surface area contributed by atoms with Gasteiger partial charge in [-0.3, -0.25) is 9.59 Å². The highest BCUT2D eigenvalue weighted by molar-refractivity contribution is 6.21. The van der Waals surface area contributed by atoms with Crippen molar-refractivity contribution in [1.29, 1.82) is 0 Å². The number of alkyl halides is 3. The lowest BCUT2D eigenvalue weighted by Crippen LogP contribution is -2.27. The molecule has 140 valence electrons. The van der Waals surface area contributed by atoms with Gasteiger partial charge in [-0.1, -0.05) is 54.6 Å². The van der Waals surface area contributed by atoms with Crippen molar-refractivity contribution in [2.45, 2.75) is 13.1 Å². The van der Waals surface area contributed by atoms with E-state index in [-0.39, 0.29) is 17.7 Å². The molecule has 27 heavy (non-hydrogen) atoms. The third-order valence-electron chi connectivity index (χ3n) is 3.64. The van der Waals surface area contributed by atoms with Gasteiger partial charge >= 0.3 is 6.18 Å². The number of hydrogen-bond acceptors (Lipinski definition) is 2. The van der Waals surface area contributed by atoms with Crippen LogP contribution in [0.5, 0.6) is 0 Å². The van der Waals surface area contributed by atoms with Gasteiger partial charge in [-0.2, -0.15) is 13.2 Å². The fraction of sp³-hybridized carbons (Fsp3) is 0.143. The van der Waals surface area contributed by atoms with E-state index in [1.54, 1.807) is 6.08 Å². The van der Waals surface area contributed by atoms with Gasteiger partial charge in [0.1, 0.15) is 0 Å². The number of ketones is 1. The van der Waals surface area contributed by atoms with Crippen molar-refractivity contribution < 1.29 is 22.8 Å². The molecule has 1 N–H and O–H groups in total. The quantitative estimate of drug-likeness (QED) is 0.460. The summed E-state index contributed by atoms with van der Waals surface area (Å²) in [6.07, 6.45) is 0.193. The Morgan fingerprint density at radius 2 is 1.67 bits per heavy atom. The van der Waals surface area contributed by atoms with E-state index in [0.29, 0.717) is 0 Å². The first-order chi connectivity index (χ1) is 12.8. The molecule has 2 rings (SSSR count). The number of benzene rings is 2. The minimum atomic E-state index is -4.50. The standard InChI is InChI=1S/C21H18F3NO2/c1-15(26)19(14-17-9-5-11-18(13-17)21(22,23)24)20(27)25-12-6-10-16-7-3-2-4-8-16/h2-11,13-14H,12H2,1H3,(H,25,27). The summed E-state index contributed by atoms with van der Waals surface area (Å²) in [5, 5.41) is 2.56. The number of Topliss-reactive ketones (excluding diaryl/α,β-unsaturated/α-hetero) is 1. The van der Waals surface area contributed by atoms with Crippen molar-refractivity contribution in [3.8, 4) is 0 Å². The average molecular weight is 373 g/mol. The lowest BCUT2D eigenvalue weighted by atomic mass is 10.0. The zero-order valence-electron chi connectivity index (χ0n) is 14.6. The van der Waals surface area contributed by atoms with Gasteiger partial charge in [0.05, 0.1) is 11.1 Å². The molecule has 6 heteroatoms. The van der Waals surface area contributed by atoms with Gasteiger partial charge in [0.2, 0.25) is 0 Å². The van der Waals surface area contributed by atoms with Crippen LogP contribution in [0.25, 0.3) is 12.2 Å². The summed E-state index contributed by atoms with van der Waals surface area (Å²) in [7, 11) is 0. The average Bonchev–Trinajstić information content (AvgIpc) is 2.63. The summed E-state index contributed by atoms with van der Waals surface area (Å²) in [6, 6.07) is 13.9. The maximum absolute atomic E-state index is 12.8. The summed E-state index contributed by atoms with van der Waals surface area (Å²) in [5.74, 6) is -1.17. The molecule has 0 aliphatic heterocycles. The normalized spacial score (nSPS) is 12.2. The Hall–Kier alpha value is -3.15. The van der Waals surface area contributed by atoms with Gasteiger partial charge in [0.25, 0.3) is 5.91 Å². The van der Waals surface area contributed by atoms with Crippen LogP contribution in [0.4, 0.5) is 13.2 Å². The van der Waals surface area contributed by atoms with Crippen molar-refractivity contribution in [3.05, 3.63) is 82.9 Å². The molecule has 0 atom stereocenters. The Labute approximate surface area is 155 Å². The lowest BCUT2D eigenvalue weighted by molar-refractivity contribution is -0.137. The molecule has 0 saturated heterocycles. The number of amides is 1. The van der Waals surface area contributed by atoms with E-state index >= 15 is 0 Å². The molecule has 3 nitrogen and oxygen atoms in total. The SMILES string of the molecule is CC(=O)C(=Cc1cccc(C(F)(F)F)c1)C(=O)NCC=Cc1ccccc1. The van der Waals surface area contributed by atoms with E-state index in [1.165, 1.54) is 19.1 Å². The van der Waals surface area contributed by atoms with E-state index in [2.05, 4.69) is 5.32 Å². The highest BCUT2D eigenvalue weighted by Crippen LogP contribution is 2.30. The Balaban J connectivity index is 2.10. The molecule has 0 aliphatic carbocycles. The van der Waals surface area contributed by atoms with E-state index in [0.717, 1.165) is 23.8 Å². The van der Waals surface area contributed by atoms with E-state index in [1.807, 2.05) is 36.4 Å². The summed E-state index contributed by atoms with van der Waals surface area (Å²) in [5.41, 5.74) is 0.0378. The molecule has 0 spiro atoms. The third kappa shape index (κ3) is 6.26. The van der Waals surface area contributed by atoms with Crippen molar-refractivity contribution in [2.75, 3.05) is 6.54 Å². The van der Waals surface area contributed by atoms with Gasteiger partial charge in [0.15, 0.2) is 5.78 Å². The molecule has 2 aromatic carbocycles. The predicted octanol–water partition coefficient (Wildman–Crippen LogP) is 4.51. The van der Waals surface area contributed by atoms with Crippen LogP contribution in [0.3, 0.4) is 0 Å². The minimum Gasteiger partial charge on any atom is -0.348 e. The molecule has 0 fully saturated rings. The van der Waals surface area contributed by atoms with Gasteiger partial charge < -0.3 is 5.32 Å². The van der Waals surface area contributed by atoms with Crippen LogP contribution in [-0.2, 0) is 15.8 Å². The van der Waals surface area contributed by atoms with Gasteiger partial charge in [-0.25, -0.2) is 0 Å². The van der Waals surface area contributed by atoms with Crippen LogP contribution in [-0.4, -0.2) is 18.2 Å². The Kier molecular flexibility index (Phi) is 6.71. The molecule has 0 radical (unpaired) electrons. The first kappa shape index (κ1) is 20.2. The van der Waals surface area contributed by atoms with Crippen LogP contribution in [0, 0.1) is 0 Å². The first-order valence-corrected chi connectivity index (χ1v) is 8.17. The van der Waals surface area contributed by atoms with Crippen molar-refractivity contribution in [3.63, 3.8) is 0 Å². The summed E-state index contributed by atoms with van der Waals surface area (Å²) in [4.78, 5) is 24.0. The maximum Gasteiger partial charge on any atom is 0.416 e. The largest absolute Gasteiger partial charge is 0.416 e. The highest BCUT2D eigenvalue weighted by atomic mass is 19.4. The molecule has 0 unspecified atom stereocenters. The van der Waals surface area contributed by atoms with Crippen molar-refractivity contribution in [1.82, 2.24) is 5.32 Å². The molecular formula is C21H18F3NO2. The van der Waals surface area contributed by atoms with Gasteiger partial charge in [-0.15, -0.1) is 0 Å². The van der Waals surface area contributed by atoms with Crippen molar-refractivity contribution >= 4 is 23.8 Å². The molecule has 0 aromatic heterocycles. The number of halogens is 3. The van der Waals surface area contributed by atoms with E-state index in [4.69, 9.17) is 0 Å². The zero-order valence-corrected chi connectivity index (χ0v) is 14.6. The molecular weight excluding hydrogens is 355 g/mol.